The topological polar surface area (TPSA) is 95.9 Å². The van der Waals surface area contributed by atoms with E-state index in [4.69, 9.17) is 4.74 Å². The Labute approximate surface area is 411 Å². The zero-order chi connectivity index (χ0) is 47.9. The normalized spacial score (nSPS) is 12.7. The minimum Gasteiger partial charge on any atom is -0.466 e. The zero-order valence-corrected chi connectivity index (χ0v) is 44.4. The largest absolute Gasteiger partial charge is 0.466 e. The van der Waals surface area contributed by atoms with Crippen LogP contribution in [0.15, 0.2) is 24.3 Å². The van der Waals surface area contributed by atoms with Gasteiger partial charge in [0.1, 0.15) is 0 Å². The Hall–Kier alpha value is -1.66. The van der Waals surface area contributed by atoms with E-state index in [1.807, 2.05) is 6.08 Å². The van der Waals surface area contributed by atoms with E-state index in [1.54, 1.807) is 6.08 Å². The zero-order valence-electron chi connectivity index (χ0n) is 44.4. The number of nitrogens with one attached hydrogen (secondary N) is 1. The monoisotopic (exact) mass is 930 g/mol. The molecule has 1 amide bonds. The van der Waals surface area contributed by atoms with E-state index in [9.17, 15) is 19.8 Å². The van der Waals surface area contributed by atoms with Crippen LogP contribution in [0.5, 0.6) is 0 Å². The second-order valence-electron chi connectivity index (χ2n) is 20.3. The molecule has 0 saturated carbocycles. The molecule has 390 valence electrons. The summed E-state index contributed by atoms with van der Waals surface area (Å²) in [7, 11) is 0. The summed E-state index contributed by atoms with van der Waals surface area (Å²) in [4.78, 5) is 24.4. The van der Waals surface area contributed by atoms with Crippen LogP contribution in [0.3, 0.4) is 0 Å². The Morgan fingerprint density at radius 1 is 0.409 bits per heavy atom. The molecule has 0 aromatic rings. The molecule has 0 saturated heterocycles. The highest BCUT2D eigenvalue weighted by molar-refractivity contribution is 5.76. The third kappa shape index (κ3) is 51.7. The predicted molar refractivity (Wildman–Crippen MR) is 287 cm³/mol. The van der Waals surface area contributed by atoms with E-state index in [2.05, 4.69) is 31.3 Å². The molecule has 0 aliphatic carbocycles. The molecule has 0 aliphatic rings. The minimum atomic E-state index is -0.845. The van der Waals surface area contributed by atoms with Gasteiger partial charge in [-0.3, -0.25) is 9.59 Å². The molecule has 66 heavy (non-hydrogen) atoms. The number of esters is 1. The molecule has 0 spiro atoms. The molecule has 6 heteroatoms. The van der Waals surface area contributed by atoms with Gasteiger partial charge in [0.2, 0.25) is 5.91 Å². The standard InChI is InChI=1S/C60H115NO5/c1-3-5-7-9-11-13-15-29-34-38-42-46-50-54-60(65)66-55-51-47-43-39-35-31-28-26-24-22-20-18-17-19-21-23-25-27-30-33-37-41-45-49-53-59(64)61-57(56-62)58(63)52-48-44-40-36-32-16-14-12-10-8-6-4-2/h19,21,48,52,57-58,62-63H,3-18,20,22-47,49-51,53-56H2,1-2H3,(H,61,64)/b21-19-,52-48+. The Balaban J connectivity index is 3.40. The summed E-state index contributed by atoms with van der Waals surface area (Å²) in [6, 6.07) is -0.629. The number of rotatable bonds is 55. The third-order valence-corrected chi connectivity index (χ3v) is 13.7. The molecule has 0 aromatic carbocycles. The Morgan fingerprint density at radius 3 is 1.08 bits per heavy atom. The summed E-state index contributed by atoms with van der Waals surface area (Å²) in [5.41, 5.74) is 0. The number of carbonyl (C=O) groups excluding carboxylic acids is 2. The van der Waals surface area contributed by atoms with Crippen LogP contribution in [0, 0.1) is 0 Å². The molecule has 0 rings (SSSR count). The number of aliphatic hydroxyl groups excluding tert-OH is 2. The number of hydrogen-bond donors (Lipinski definition) is 3. The molecule has 0 aliphatic heterocycles. The van der Waals surface area contributed by atoms with Gasteiger partial charge in [-0.1, -0.05) is 276 Å². The van der Waals surface area contributed by atoms with Crippen LogP contribution < -0.4 is 5.32 Å². The van der Waals surface area contributed by atoms with Gasteiger partial charge in [0.05, 0.1) is 25.4 Å². The highest BCUT2D eigenvalue weighted by Gasteiger charge is 2.18. The summed E-state index contributed by atoms with van der Waals surface area (Å²) in [5.74, 6) is -0.0590. The number of aliphatic hydroxyl groups is 2. The number of hydrogen-bond acceptors (Lipinski definition) is 5. The van der Waals surface area contributed by atoms with Crippen LogP contribution >= 0.6 is 0 Å². The van der Waals surface area contributed by atoms with E-state index in [0.717, 1.165) is 38.5 Å². The highest BCUT2D eigenvalue weighted by atomic mass is 16.5. The smallest absolute Gasteiger partial charge is 0.305 e. The van der Waals surface area contributed by atoms with Gasteiger partial charge in [-0.25, -0.2) is 0 Å². The first-order valence-corrected chi connectivity index (χ1v) is 29.6. The first-order valence-electron chi connectivity index (χ1n) is 29.6. The number of carbonyl (C=O) groups is 2. The quantitative estimate of drug-likeness (QED) is 0.0321. The average molecular weight is 931 g/mol. The molecule has 0 fully saturated rings. The van der Waals surface area contributed by atoms with Crippen molar-refractivity contribution in [3.05, 3.63) is 24.3 Å². The third-order valence-electron chi connectivity index (χ3n) is 13.7. The van der Waals surface area contributed by atoms with Crippen molar-refractivity contribution in [3.63, 3.8) is 0 Å². The molecule has 0 aromatic heterocycles. The fraction of sp³-hybridized carbons (Fsp3) is 0.900. The Kier molecular flexibility index (Phi) is 54.5. The first-order chi connectivity index (χ1) is 32.5. The van der Waals surface area contributed by atoms with E-state index >= 15 is 0 Å². The van der Waals surface area contributed by atoms with Crippen molar-refractivity contribution in [2.24, 2.45) is 0 Å². The van der Waals surface area contributed by atoms with Crippen molar-refractivity contribution in [2.75, 3.05) is 13.2 Å². The number of ether oxygens (including phenoxy) is 1. The van der Waals surface area contributed by atoms with Crippen LogP contribution in [0.4, 0.5) is 0 Å². The SMILES string of the molecule is CCCCCCCCCCCC/C=C/C(O)C(CO)NC(=O)CCCCCCCCCC/C=C\CCCCCCCCCCCCCCOC(=O)CCCCCCCCCCCCCCC. The van der Waals surface area contributed by atoms with Crippen LogP contribution in [-0.2, 0) is 14.3 Å². The van der Waals surface area contributed by atoms with Crippen molar-refractivity contribution in [3.8, 4) is 0 Å². The Morgan fingerprint density at radius 2 is 0.712 bits per heavy atom. The lowest BCUT2D eigenvalue weighted by molar-refractivity contribution is -0.143. The van der Waals surface area contributed by atoms with E-state index < -0.39 is 12.1 Å². The van der Waals surface area contributed by atoms with Crippen LogP contribution in [0.1, 0.15) is 322 Å². The van der Waals surface area contributed by atoms with Crippen molar-refractivity contribution < 1.29 is 24.5 Å². The van der Waals surface area contributed by atoms with Gasteiger partial charge in [-0.15, -0.1) is 0 Å². The van der Waals surface area contributed by atoms with Crippen molar-refractivity contribution in [2.45, 2.75) is 334 Å². The van der Waals surface area contributed by atoms with Gasteiger partial charge in [-0.2, -0.15) is 0 Å². The van der Waals surface area contributed by atoms with Crippen molar-refractivity contribution in [1.82, 2.24) is 5.32 Å². The van der Waals surface area contributed by atoms with E-state index in [1.165, 1.54) is 257 Å². The lowest BCUT2D eigenvalue weighted by Gasteiger charge is -2.20. The molecular formula is C60H115NO5. The fourth-order valence-corrected chi connectivity index (χ4v) is 9.16. The predicted octanol–water partition coefficient (Wildman–Crippen LogP) is 18.2. The number of amides is 1. The maximum Gasteiger partial charge on any atom is 0.305 e. The molecule has 0 radical (unpaired) electrons. The number of allylic oxidation sites excluding steroid dienone is 3. The minimum absolute atomic E-state index is 0.0136. The lowest BCUT2D eigenvalue weighted by Crippen LogP contribution is -2.45. The van der Waals surface area contributed by atoms with Crippen LogP contribution in [0.25, 0.3) is 0 Å². The van der Waals surface area contributed by atoms with Gasteiger partial charge in [-0.05, 0) is 57.8 Å². The highest BCUT2D eigenvalue weighted by Crippen LogP contribution is 2.17. The summed E-state index contributed by atoms with van der Waals surface area (Å²) >= 11 is 0. The summed E-state index contributed by atoms with van der Waals surface area (Å²) in [5, 5.41) is 23.0. The summed E-state index contributed by atoms with van der Waals surface area (Å²) in [6.07, 6.45) is 67.8. The molecule has 2 atom stereocenters. The van der Waals surface area contributed by atoms with Gasteiger partial charge < -0.3 is 20.3 Å². The van der Waals surface area contributed by atoms with E-state index in [0.29, 0.717) is 19.4 Å². The van der Waals surface area contributed by atoms with Gasteiger partial charge in [0, 0.05) is 12.8 Å². The van der Waals surface area contributed by atoms with Crippen LogP contribution in [-0.4, -0.2) is 47.4 Å². The lowest BCUT2D eigenvalue weighted by atomic mass is 10.0. The first kappa shape index (κ1) is 64.3. The maximum atomic E-state index is 12.4. The van der Waals surface area contributed by atoms with Crippen molar-refractivity contribution >= 4 is 11.9 Å². The summed E-state index contributed by atoms with van der Waals surface area (Å²) in [6.45, 7) is 4.90. The Bertz CT molecular complexity index is 1030. The molecule has 6 nitrogen and oxygen atoms in total. The van der Waals surface area contributed by atoms with Crippen LogP contribution in [0.2, 0.25) is 0 Å². The molecule has 0 bridgehead atoms. The summed E-state index contributed by atoms with van der Waals surface area (Å²) < 4.78 is 5.48. The molecule has 0 heterocycles. The molecule has 2 unspecified atom stereocenters. The fourth-order valence-electron chi connectivity index (χ4n) is 9.16. The second kappa shape index (κ2) is 55.9. The maximum absolute atomic E-state index is 12.4. The molecular weight excluding hydrogens is 815 g/mol. The number of unbranched alkanes of at least 4 members (excludes halogenated alkanes) is 42. The van der Waals surface area contributed by atoms with Gasteiger partial charge >= 0.3 is 5.97 Å². The average Bonchev–Trinajstić information content (AvgIpc) is 3.32. The second-order valence-corrected chi connectivity index (χ2v) is 20.3. The van der Waals surface area contributed by atoms with Gasteiger partial charge in [0.25, 0.3) is 0 Å². The van der Waals surface area contributed by atoms with Gasteiger partial charge in [0.15, 0.2) is 0 Å². The molecule has 3 N–H and O–H groups in total. The van der Waals surface area contributed by atoms with E-state index in [-0.39, 0.29) is 18.5 Å². The van der Waals surface area contributed by atoms with Crippen molar-refractivity contribution in [1.29, 1.82) is 0 Å².